The standard InChI is InChI=1S/C13H15N3/c1-10-9-11(2)15-13(14-10)16(3)12-7-5-4-6-8-12/h4-9H,1-3H3. The molecular formula is C13H15N3. The van der Waals surface area contributed by atoms with Gasteiger partial charge in [-0.3, -0.25) is 0 Å². The van der Waals surface area contributed by atoms with E-state index in [-0.39, 0.29) is 0 Å². The second-order valence-electron chi connectivity index (χ2n) is 3.85. The normalized spacial score (nSPS) is 10.2. The molecular weight excluding hydrogens is 198 g/mol. The minimum Gasteiger partial charge on any atom is -0.314 e. The van der Waals surface area contributed by atoms with Crippen LogP contribution in [0.5, 0.6) is 0 Å². The van der Waals surface area contributed by atoms with Crippen LogP contribution in [0.2, 0.25) is 0 Å². The van der Waals surface area contributed by atoms with E-state index in [1.54, 1.807) is 0 Å². The lowest BCUT2D eigenvalue weighted by molar-refractivity contribution is 0.987. The SMILES string of the molecule is Cc1cc(C)nc(N(C)c2ccccc2)n1. The van der Waals surface area contributed by atoms with Crippen molar-refractivity contribution in [2.24, 2.45) is 0 Å². The predicted octanol–water partition coefficient (Wildman–Crippen LogP) is 2.86. The molecule has 0 saturated carbocycles. The zero-order valence-corrected chi connectivity index (χ0v) is 9.81. The molecule has 3 heteroatoms. The molecule has 0 unspecified atom stereocenters. The minimum atomic E-state index is 0.740. The molecule has 0 amide bonds. The highest BCUT2D eigenvalue weighted by Gasteiger charge is 2.07. The number of hydrogen-bond acceptors (Lipinski definition) is 3. The van der Waals surface area contributed by atoms with Crippen molar-refractivity contribution in [2.45, 2.75) is 13.8 Å². The highest BCUT2D eigenvalue weighted by Crippen LogP contribution is 2.19. The number of nitrogens with zero attached hydrogens (tertiary/aromatic N) is 3. The van der Waals surface area contributed by atoms with Crippen molar-refractivity contribution >= 4 is 11.6 Å². The lowest BCUT2D eigenvalue weighted by Gasteiger charge is -2.17. The Morgan fingerprint density at radius 2 is 1.50 bits per heavy atom. The lowest BCUT2D eigenvalue weighted by Crippen LogP contribution is -2.13. The molecule has 2 aromatic rings. The van der Waals surface area contributed by atoms with Crippen LogP contribution >= 0.6 is 0 Å². The highest BCUT2D eigenvalue weighted by atomic mass is 15.2. The smallest absolute Gasteiger partial charge is 0.230 e. The molecule has 0 radical (unpaired) electrons. The van der Waals surface area contributed by atoms with E-state index < -0.39 is 0 Å². The zero-order valence-electron chi connectivity index (χ0n) is 9.81. The van der Waals surface area contributed by atoms with Crippen LogP contribution in [0.25, 0.3) is 0 Å². The Hall–Kier alpha value is -1.90. The average molecular weight is 213 g/mol. The Bertz CT molecular complexity index is 460. The molecule has 16 heavy (non-hydrogen) atoms. The number of aromatic nitrogens is 2. The fourth-order valence-electron chi connectivity index (χ4n) is 1.62. The van der Waals surface area contributed by atoms with Crippen LogP contribution < -0.4 is 4.90 Å². The summed E-state index contributed by atoms with van der Waals surface area (Å²) in [5.74, 6) is 0.740. The van der Waals surface area contributed by atoms with Crippen LogP contribution in [0, 0.1) is 13.8 Å². The summed E-state index contributed by atoms with van der Waals surface area (Å²) >= 11 is 0. The maximum absolute atomic E-state index is 4.43. The zero-order chi connectivity index (χ0) is 11.5. The van der Waals surface area contributed by atoms with Gasteiger partial charge in [-0.25, -0.2) is 9.97 Å². The molecule has 0 aliphatic heterocycles. The van der Waals surface area contributed by atoms with E-state index in [9.17, 15) is 0 Å². The summed E-state index contributed by atoms with van der Waals surface area (Å²) in [7, 11) is 1.98. The fraction of sp³-hybridized carbons (Fsp3) is 0.231. The average Bonchev–Trinajstić information content (AvgIpc) is 2.28. The van der Waals surface area contributed by atoms with Gasteiger partial charge < -0.3 is 4.90 Å². The van der Waals surface area contributed by atoms with Crippen molar-refractivity contribution in [3.05, 3.63) is 47.8 Å². The maximum Gasteiger partial charge on any atom is 0.230 e. The second-order valence-corrected chi connectivity index (χ2v) is 3.85. The largest absolute Gasteiger partial charge is 0.314 e. The summed E-state index contributed by atoms with van der Waals surface area (Å²) in [6.45, 7) is 3.97. The van der Waals surface area contributed by atoms with Gasteiger partial charge in [-0.05, 0) is 32.0 Å². The quantitative estimate of drug-likeness (QED) is 0.768. The summed E-state index contributed by atoms with van der Waals surface area (Å²) in [5.41, 5.74) is 3.07. The van der Waals surface area contributed by atoms with Gasteiger partial charge in [0.2, 0.25) is 5.95 Å². The van der Waals surface area contributed by atoms with Crippen LogP contribution in [0.15, 0.2) is 36.4 Å². The first-order valence-corrected chi connectivity index (χ1v) is 5.28. The second kappa shape index (κ2) is 4.31. The summed E-state index contributed by atoms with van der Waals surface area (Å²) < 4.78 is 0. The van der Waals surface area contributed by atoms with Gasteiger partial charge in [0.25, 0.3) is 0 Å². The third-order valence-electron chi connectivity index (χ3n) is 2.41. The molecule has 0 bridgehead atoms. The molecule has 0 fully saturated rings. The number of aryl methyl sites for hydroxylation is 2. The summed E-state index contributed by atoms with van der Waals surface area (Å²) in [6.07, 6.45) is 0. The van der Waals surface area contributed by atoms with Gasteiger partial charge in [-0.1, -0.05) is 18.2 Å². The Kier molecular flexibility index (Phi) is 2.86. The van der Waals surface area contributed by atoms with E-state index in [1.165, 1.54) is 0 Å². The molecule has 3 nitrogen and oxygen atoms in total. The van der Waals surface area contributed by atoms with Crippen LogP contribution in [-0.2, 0) is 0 Å². The number of anilines is 2. The maximum atomic E-state index is 4.43. The van der Waals surface area contributed by atoms with E-state index in [0.29, 0.717) is 0 Å². The number of benzene rings is 1. The first kappa shape index (κ1) is 10.6. The van der Waals surface area contributed by atoms with Gasteiger partial charge in [0.15, 0.2) is 0 Å². The molecule has 82 valence electrons. The molecule has 0 spiro atoms. The monoisotopic (exact) mass is 213 g/mol. The van der Waals surface area contributed by atoms with Crippen molar-refractivity contribution in [2.75, 3.05) is 11.9 Å². The molecule has 0 atom stereocenters. The molecule has 1 heterocycles. The van der Waals surface area contributed by atoms with Gasteiger partial charge in [0, 0.05) is 24.1 Å². The first-order valence-electron chi connectivity index (χ1n) is 5.28. The van der Waals surface area contributed by atoms with Crippen molar-refractivity contribution < 1.29 is 0 Å². The van der Waals surface area contributed by atoms with Crippen LogP contribution in [0.1, 0.15) is 11.4 Å². The topological polar surface area (TPSA) is 29.0 Å². The molecule has 1 aromatic heterocycles. The van der Waals surface area contributed by atoms with E-state index in [4.69, 9.17) is 0 Å². The highest BCUT2D eigenvalue weighted by molar-refractivity contribution is 5.55. The first-order chi connectivity index (χ1) is 7.66. The predicted molar refractivity (Wildman–Crippen MR) is 66.0 cm³/mol. The van der Waals surface area contributed by atoms with Crippen molar-refractivity contribution in [3.8, 4) is 0 Å². The molecule has 0 N–H and O–H groups in total. The third kappa shape index (κ3) is 2.19. The molecule has 0 saturated heterocycles. The van der Waals surface area contributed by atoms with Crippen LogP contribution in [0.4, 0.5) is 11.6 Å². The van der Waals surface area contributed by atoms with Crippen LogP contribution in [0.3, 0.4) is 0 Å². The Morgan fingerprint density at radius 1 is 0.938 bits per heavy atom. The fourth-order valence-corrected chi connectivity index (χ4v) is 1.62. The van der Waals surface area contributed by atoms with Crippen molar-refractivity contribution in [3.63, 3.8) is 0 Å². The van der Waals surface area contributed by atoms with Gasteiger partial charge in [0.1, 0.15) is 0 Å². The number of hydrogen-bond donors (Lipinski definition) is 0. The Labute approximate surface area is 95.8 Å². The number of rotatable bonds is 2. The molecule has 1 aromatic carbocycles. The van der Waals surface area contributed by atoms with Crippen LogP contribution in [-0.4, -0.2) is 17.0 Å². The van der Waals surface area contributed by atoms with E-state index in [2.05, 4.69) is 9.97 Å². The molecule has 0 aliphatic rings. The number of para-hydroxylation sites is 1. The lowest BCUT2D eigenvalue weighted by atomic mass is 10.3. The summed E-state index contributed by atoms with van der Waals surface area (Å²) in [4.78, 5) is 10.8. The van der Waals surface area contributed by atoms with Crippen molar-refractivity contribution in [1.82, 2.24) is 9.97 Å². The molecule has 0 aliphatic carbocycles. The molecule has 2 rings (SSSR count). The summed E-state index contributed by atoms with van der Waals surface area (Å²) in [5, 5.41) is 0. The van der Waals surface area contributed by atoms with Gasteiger partial charge in [0.05, 0.1) is 0 Å². The Morgan fingerprint density at radius 3 is 2.06 bits per heavy atom. The van der Waals surface area contributed by atoms with E-state index in [0.717, 1.165) is 23.0 Å². The van der Waals surface area contributed by atoms with Gasteiger partial charge in [-0.2, -0.15) is 0 Å². The minimum absolute atomic E-state index is 0.740. The van der Waals surface area contributed by atoms with E-state index in [1.807, 2.05) is 62.2 Å². The summed E-state index contributed by atoms with van der Waals surface area (Å²) in [6, 6.07) is 12.1. The van der Waals surface area contributed by atoms with E-state index >= 15 is 0 Å². The van der Waals surface area contributed by atoms with Crippen molar-refractivity contribution in [1.29, 1.82) is 0 Å². The third-order valence-corrected chi connectivity index (χ3v) is 2.41. The Balaban J connectivity index is 2.37. The van der Waals surface area contributed by atoms with Gasteiger partial charge >= 0.3 is 0 Å². The van der Waals surface area contributed by atoms with Gasteiger partial charge in [-0.15, -0.1) is 0 Å².